The highest BCUT2D eigenvalue weighted by Crippen LogP contribution is 2.20. The first-order chi connectivity index (χ1) is 9.08. The molecule has 0 atom stereocenters. The summed E-state index contributed by atoms with van der Waals surface area (Å²) < 4.78 is 17.2. The van der Waals surface area contributed by atoms with Crippen molar-refractivity contribution < 1.29 is 4.39 Å². The van der Waals surface area contributed by atoms with E-state index in [4.69, 9.17) is 0 Å². The number of benzene rings is 1. The number of halogens is 2. The van der Waals surface area contributed by atoms with Crippen LogP contribution in [0.3, 0.4) is 0 Å². The van der Waals surface area contributed by atoms with Gasteiger partial charge in [0.1, 0.15) is 12.0 Å². The summed E-state index contributed by atoms with van der Waals surface area (Å²) in [5.41, 5.74) is 1.64. The number of aromatic nitrogens is 3. The summed E-state index contributed by atoms with van der Waals surface area (Å²) in [5.74, 6) is -0.623. The van der Waals surface area contributed by atoms with Gasteiger partial charge in [-0.3, -0.25) is 13.8 Å². The van der Waals surface area contributed by atoms with Crippen molar-refractivity contribution in [2.45, 2.75) is 6.92 Å². The molecule has 0 saturated heterocycles. The number of rotatable bonds is 1. The van der Waals surface area contributed by atoms with E-state index in [2.05, 4.69) is 20.9 Å². The Morgan fingerprint density at radius 1 is 1.32 bits per heavy atom. The highest BCUT2D eigenvalue weighted by molar-refractivity contribution is 9.10. The third kappa shape index (κ3) is 1.88. The van der Waals surface area contributed by atoms with Crippen LogP contribution < -0.4 is 5.56 Å². The maximum absolute atomic E-state index is 13.6. The Morgan fingerprint density at radius 3 is 2.84 bits per heavy atom. The van der Waals surface area contributed by atoms with Crippen molar-refractivity contribution in [1.82, 2.24) is 14.0 Å². The van der Waals surface area contributed by atoms with Gasteiger partial charge in [-0.15, -0.1) is 0 Å². The summed E-state index contributed by atoms with van der Waals surface area (Å²) in [6.07, 6.45) is 2.80. The second kappa shape index (κ2) is 4.31. The fourth-order valence-electron chi connectivity index (χ4n) is 1.99. The lowest BCUT2D eigenvalue weighted by atomic mass is 10.2. The average molecular weight is 322 g/mol. The molecule has 6 heteroatoms. The predicted octanol–water partition coefficient (Wildman–Crippen LogP) is 2.70. The minimum Gasteiger partial charge on any atom is -0.269 e. The van der Waals surface area contributed by atoms with Gasteiger partial charge >= 0.3 is 0 Å². The lowest BCUT2D eigenvalue weighted by Crippen LogP contribution is -2.21. The zero-order valence-corrected chi connectivity index (χ0v) is 11.6. The van der Waals surface area contributed by atoms with Crippen molar-refractivity contribution in [3.05, 3.63) is 63.1 Å². The van der Waals surface area contributed by atoms with Gasteiger partial charge in [-0.1, -0.05) is 15.9 Å². The minimum absolute atomic E-state index is 0.395. The Balaban J connectivity index is 2.39. The molecule has 0 unspecified atom stereocenters. The molecule has 3 rings (SSSR count). The molecule has 0 bridgehead atoms. The second-order valence-corrected chi connectivity index (χ2v) is 5.05. The summed E-state index contributed by atoms with van der Waals surface area (Å²) >= 11 is 3.41. The first-order valence-electron chi connectivity index (χ1n) is 5.58. The number of aryl methyl sites for hydroxylation is 1. The molecular weight excluding hydrogens is 313 g/mol. The van der Waals surface area contributed by atoms with Crippen LogP contribution in [0.4, 0.5) is 4.39 Å². The first kappa shape index (κ1) is 12.1. The zero-order chi connectivity index (χ0) is 13.6. The molecule has 0 N–H and O–H groups in total. The lowest BCUT2D eigenvalue weighted by molar-refractivity contribution is 0.558. The molecule has 0 aliphatic heterocycles. The number of hydrogen-bond donors (Lipinski definition) is 0. The summed E-state index contributed by atoms with van der Waals surface area (Å²) in [6.45, 7) is 1.93. The van der Waals surface area contributed by atoms with E-state index in [-0.39, 0.29) is 0 Å². The van der Waals surface area contributed by atoms with E-state index in [1.54, 1.807) is 6.07 Å². The standard InChI is InChI=1S/C13H9BrFN3O/c1-8-4-9(2-3-10(8)14)18-12-6-16-7-17(12)11(15)5-13(18)19/h2-7H,1H3. The Morgan fingerprint density at radius 2 is 2.11 bits per heavy atom. The van der Waals surface area contributed by atoms with Crippen LogP contribution in [-0.2, 0) is 0 Å². The van der Waals surface area contributed by atoms with Crippen LogP contribution in [0, 0.1) is 12.9 Å². The van der Waals surface area contributed by atoms with Gasteiger partial charge in [0.15, 0.2) is 0 Å². The first-order valence-corrected chi connectivity index (χ1v) is 6.37. The molecule has 0 aliphatic carbocycles. The highest BCUT2D eigenvalue weighted by atomic mass is 79.9. The summed E-state index contributed by atoms with van der Waals surface area (Å²) in [6, 6.07) is 6.46. The predicted molar refractivity (Wildman–Crippen MR) is 73.2 cm³/mol. The fourth-order valence-corrected chi connectivity index (χ4v) is 2.24. The fraction of sp³-hybridized carbons (Fsp3) is 0.0769. The van der Waals surface area contributed by atoms with Crippen LogP contribution in [0.5, 0.6) is 0 Å². The van der Waals surface area contributed by atoms with E-state index in [1.807, 2.05) is 19.1 Å². The zero-order valence-electron chi connectivity index (χ0n) is 9.97. The monoisotopic (exact) mass is 321 g/mol. The van der Waals surface area contributed by atoms with Crippen molar-refractivity contribution in [3.63, 3.8) is 0 Å². The van der Waals surface area contributed by atoms with Crippen molar-refractivity contribution in [1.29, 1.82) is 0 Å². The Kier molecular flexibility index (Phi) is 2.74. The van der Waals surface area contributed by atoms with E-state index < -0.39 is 11.5 Å². The molecule has 0 amide bonds. The van der Waals surface area contributed by atoms with Gasteiger partial charge in [0.25, 0.3) is 5.56 Å². The molecule has 0 spiro atoms. The van der Waals surface area contributed by atoms with Gasteiger partial charge in [-0.05, 0) is 30.7 Å². The van der Waals surface area contributed by atoms with E-state index in [1.165, 1.54) is 21.5 Å². The molecule has 0 aliphatic rings. The summed E-state index contributed by atoms with van der Waals surface area (Å²) in [4.78, 5) is 15.9. The largest absolute Gasteiger partial charge is 0.269 e. The Hall–Kier alpha value is -1.95. The van der Waals surface area contributed by atoms with Gasteiger partial charge in [0.05, 0.1) is 18.0 Å². The van der Waals surface area contributed by atoms with E-state index >= 15 is 0 Å². The van der Waals surface area contributed by atoms with Crippen molar-refractivity contribution in [3.8, 4) is 5.69 Å². The van der Waals surface area contributed by atoms with E-state index in [0.717, 1.165) is 16.1 Å². The van der Waals surface area contributed by atoms with Crippen LogP contribution >= 0.6 is 15.9 Å². The molecule has 2 aromatic heterocycles. The SMILES string of the molecule is Cc1cc(-n2c(=O)cc(F)n3cncc23)ccc1Br. The van der Waals surface area contributed by atoms with Crippen molar-refractivity contribution in [2.24, 2.45) is 0 Å². The molecule has 0 radical (unpaired) electrons. The number of hydrogen-bond acceptors (Lipinski definition) is 2. The molecule has 3 aromatic rings. The number of fused-ring (bicyclic) bond motifs is 1. The molecule has 1 aromatic carbocycles. The molecule has 19 heavy (non-hydrogen) atoms. The topological polar surface area (TPSA) is 39.3 Å². The van der Waals surface area contributed by atoms with Crippen molar-refractivity contribution >= 4 is 21.6 Å². The van der Waals surface area contributed by atoms with Gasteiger partial charge < -0.3 is 0 Å². The van der Waals surface area contributed by atoms with Gasteiger partial charge in [0.2, 0.25) is 5.95 Å². The highest BCUT2D eigenvalue weighted by Gasteiger charge is 2.10. The Labute approximate surface area is 116 Å². The number of imidazole rings is 1. The quantitative estimate of drug-likeness (QED) is 0.646. The lowest BCUT2D eigenvalue weighted by Gasteiger charge is -2.10. The average Bonchev–Trinajstić information content (AvgIpc) is 2.83. The van der Waals surface area contributed by atoms with Crippen molar-refractivity contribution in [2.75, 3.05) is 0 Å². The third-order valence-electron chi connectivity index (χ3n) is 2.94. The van der Waals surface area contributed by atoms with Gasteiger partial charge in [-0.25, -0.2) is 4.98 Å². The minimum atomic E-state index is -0.623. The number of nitrogens with zero attached hydrogens (tertiary/aromatic N) is 3. The third-order valence-corrected chi connectivity index (χ3v) is 3.83. The Bertz CT molecular complexity index is 838. The van der Waals surface area contributed by atoms with Crippen LogP contribution in [-0.4, -0.2) is 14.0 Å². The summed E-state index contributed by atoms with van der Waals surface area (Å²) in [5, 5.41) is 0. The second-order valence-electron chi connectivity index (χ2n) is 4.20. The van der Waals surface area contributed by atoms with Crippen LogP contribution in [0.1, 0.15) is 5.56 Å². The normalized spacial score (nSPS) is 11.1. The molecule has 0 saturated carbocycles. The molecule has 96 valence electrons. The van der Waals surface area contributed by atoms with E-state index in [9.17, 15) is 9.18 Å². The van der Waals surface area contributed by atoms with Crippen LogP contribution in [0.2, 0.25) is 0 Å². The molecular formula is C13H9BrFN3O. The summed E-state index contributed by atoms with van der Waals surface area (Å²) in [7, 11) is 0. The van der Waals surface area contributed by atoms with Gasteiger partial charge in [0, 0.05) is 4.47 Å². The molecule has 4 nitrogen and oxygen atoms in total. The maximum atomic E-state index is 13.6. The smallest absolute Gasteiger partial charge is 0.261 e. The molecule has 2 heterocycles. The maximum Gasteiger partial charge on any atom is 0.261 e. The van der Waals surface area contributed by atoms with Crippen LogP contribution in [0.15, 0.2) is 46.1 Å². The molecule has 0 fully saturated rings. The van der Waals surface area contributed by atoms with E-state index in [0.29, 0.717) is 11.3 Å². The van der Waals surface area contributed by atoms with Gasteiger partial charge in [-0.2, -0.15) is 4.39 Å². The van der Waals surface area contributed by atoms with Crippen LogP contribution in [0.25, 0.3) is 11.3 Å².